The average molecular weight is 428 g/mol. The molecule has 0 heterocycles. The van der Waals surface area contributed by atoms with Crippen molar-refractivity contribution in [3.8, 4) is 23.0 Å². The van der Waals surface area contributed by atoms with Gasteiger partial charge in [-0.2, -0.15) is 0 Å². The van der Waals surface area contributed by atoms with E-state index in [4.69, 9.17) is 18.9 Å². The summed E-state index contributed by atoms with van der Waals surface area (Å²) < 4.78 is 21.6. The van der Waals surface area contributed by atoms with E-state index in [-0.39, 0.29) is 0 Å². The molecule has 1 unspecified atom stereocenters. The first-order valence-electron chi connectivity index (χ1n) is 9.78. The SMILES string of the molecule is C=CCc1cc(C(=O)NNC(=O)C(C)Oc2ccc(OCC)cc2)cc(OC)c1OC. The Labute approximate surface area is 182 Å². The molecule has 2 aromatic rings. The van der Waals surface area contributed by atoms with Crippen LogP contribution in [0, 0.1) is 0 Å². The van der Waals surface area contributed by atoms with Gasteiger partial charge in [0.2, 0.25) is 0 Å². The lowest BCUT2D eigenvalue weighted by molar-refractivity contribution is -0.128. The standard InChI is InChI=1S/C23H28N2O6/c1-6-8-16-13-17(14-20(28-4)21(16)29-5)23(27)25-24-22(26)15(3)31-19-11-9-18(10-12-19)30-7-2/h6,9-15H,1,7-8H2,2-5H3,(H,24,26)(H,25,27). The monoisotopic (exact) mass is 428 g/mol. The van der Waals surface area contributed by atoms with E-state index in [1.165, 1.54) is 20.3 Å². The maximum Gasteiger partial charge on any atom is 0.279 e. The smallest absolute Gasteiger partial charge is 0.279 e. The highest BCUT2D eigenvalue weighted by Crippen LogP contribution is 2.33. The van der Waals surface area contributed by atoms with E-state index in [0.717, 1.165) is 5.56 Å². The van der Waals surface area contributed by atoms with Gasteiger partial charge in [0.05, 0.1) is 20.8 Å². The van der Waals surface area contributed by atoms with Gasteiger partial charge in [0, 0.05) is 11.1 Å². The van der Waals surface area contributed by atoms with Crippen LogP contribution in [0.5, 0.6) is 23.0 Å². The first-order valence-corrected chi connectivity index (χ1v) is 9.78. The first kappa shape index (κ1) is 23.6. The van der Waals surface area contributed by atoms with Crippen LogP contribution < -0.4 is 29.8 Å². The Morgan fingerprint density at radius 3 is 2.32 bits per heavy atom. The summed E-state index contributed by atoms with van der Waals surface area (Å²) in [5.74, 6) is 1.14. The van der Waals surface area contributed by atoms with E-state index in [1.807, 2.05) is 6.92 Å². The summed E-state index contributed by atoms with van der Waals surface area (Å²) in [5.41, 5.74) is 5.80. The van der Waals surface area contributed by atoms with Gasteiger partial charge >= 0.3 is 0 Å². The van der Waals surface area contributed by atoms with E-state index in [2.05, 4.69) is 17.4 Å². The predicted molar refractivity (Wildman–Crippen MR) is 117 cm³/mol. The van der Waals surface area contributed by atoms with Crippen molar-refractivity contribution in [2.24, 2.45) is 0 Å². The number of carbonyl (C=O) groups excluding carboxylic acids is 2. The Morgan fingerprint density at radius 1 is 1.06 bits per heavy atom. The second-order valence-electron chi connectivity index (χ2n) is 6.47. The molecular weight excluding hydrogens is 400 g/mol. The molecule has 8 nitrogen and oxygen atoms in total. The second kappa shape index (κ2) is 11.5. The molecule has 8 heteroatoms. The van der Waals surface area contributed by atoms with Crippen molar-refractivity contribution in [3.63, 3.8) is 0 Å². The molecule has 0 saturated carbocycles. The minimum atomic E-state index is -0.833. The van der Waals surface area contributed by atoms with Gasteiger partial charge in [-0.15, -0.1) is 6.58 Å². The van der Waals surface area contributed by atoms with E-state index >= 15 is 0 Å². The molecule has 0 aliphatic heterocycles. The van der Waals surface area contributed by atoms with E-state index in [0.29, 0.717) is 41.6 Å². The Morgan fingerprint density at radius 2 is 1.74 bits per heavy atom. The minimum absolute atomic E-state index is 0.301. The van der Waals surface area contributed by atoms with Crippen LogP contribution in [0.3, 0.4) is 0 Å². The normalized spacial score (nSPS) is 11.1. The van der Waals surface area contributed by atoms with Crippen molar-refractivity contribution in [1.29, 1.82) is 0 Å². The van der Waals surface area contributed by atoms with Crippen LogP contribution in [-0.2, 0) is 11.2 Å². The molecule has 0 aromatic heterocycles. The third kappa shape index (κ3) is 6.40. The Hall–Kier alpha value is -3.68. The predicted octanol–water partition coefficient (Wildman–Crippen LogP) is 3.06. The summed E-state index contributed by atoms with van der Waals surface area (Å²) in [5, 5.41) is 0. The summed E-state index contributed by atoms with van der Waals surface area (Å²) in [6.45, 7) is 7.75. The summed E-state index contributed by atoms with van der Waals surface area (Å²) in [4.78, 5) is 24.9. The summed E-state index contributed by atoms with van der Waals surface area (Å²) in [6, 6.07) is 10.1. The number of hydrazine groups is 1. The molecule has 2 N–H and O–H groups in total. The highest BCUT2D eigenvalue weighted by atomic mass is 16.5. The zero-order valence-electron chi connectivity index (χ0n) is 18.2. The number of rotatable bonds is 10. The van der Waals surface area contributed by atoms with Crippen LogP contribution >= 0.6 is 0 Å². The fraction of sp³-hybridized carbons (Fsp3) is 0.304. The van der Waals surface area contributed by atoms with Crippen LogP contribution in [0.1, 0.15) is 29.8 Å². The van der Waals surface area contributed by atoms with Crippen molar-refractivity contribution >= 4 is 11.8 Å². The van der Waals surface area contributed by atoms with Gasteiger partial charge in [-0.3, -0.25) is 20.4 Å². The third-order valence-electron chi connectivity index (χ3n) is 4.30. The van der Waals surface area contributed by atoms with Gasteiger partial charge in [-0.05, 0) is 56.7 Å². The Kier molecular flexibility index (Phi) is 8.75. The molecule has 0 bridgehead atoms. The van der Waals surface area contributed by atoms with Gasteiger partial charge < -0.3 is 18.9 Å². The highest BCUT2D eigenvalue weighted by molar-refractivity contribution is 5.96. The molecule has 0 aliphatic rings. The van der Waals surface area contributed by atoms with E-state index in [1.54, 1.807) is 43.3 Å². The largest absolute Gasteiger partial charge is 0.494 e. The molecule has 166 valence electrons. The third-order valence-corrected chi connectivity index (χ3v) is 4.30. The lowest BCUT2D eigenvalue weighted by Gasteiger charge is -2.17. The van der Waals surface area contributed by atoms with Crippen molar-refractivity contribution in [3.05, 3.63) is 60.2 Å². The molecule has 1 atom stereocenters. The van der Waals surface area contributed by atoms with E-state index in [9.17, 15) is 9.59 Å². The molecule has 0 aliphatic carbocycles. The maximum atomic E-state index is 12.6. The molecule has 31 heavy (non-hydrogen) atoms. The average Bonchev–Trinajstić information content (AvgIpc) is 2.78. The molecular formula is C23H28N2O6. The number of ether oxygens (including phenoxy) is 4. The fourth-order valence-electron chi connectivity index (χ4n) is 2.81. The topological polar surface area (TPSA) is 95.1 Å². The minimum Gasteiger partial charge on any atom is -0.494 e. The zero-order valence-corrected chi connectivity index (χ0v) is 18.2. The lowest BCUT2D eigenvalue weighted by atomic mass is 10.1. The summed E-state index contributed by atoms with van der Waals surface area (Å²) in [6.07, 6.45) is 1.35. The Bertz CT molecular complexity index is 911. The number of amides is 2. The highest BCUT2D eigenvalue weighted by Gasteiger charge is 2.18. The maximum absolute atomic E-state index is 12.6. The molecule has 2 rings (SSSR count). The summed E-state index contributed by atoms with van der Waals surface area (Å²) in [7, 11) is 3.01. The second-order valence-corrected chi connectivity index (χ2v) is 6.47. The van der Waals surface area contributed by atoms with Crippen LogP contribution in [0.4, 0.5) is 0 Å². The molecule has 0 saturated heterocycles. The number of nitrogens with one attached hydrogen (secondary N) is 2. The number of hydrogen-bond acceptors (Lipinski definition) is 6. The summed E-state index contributed by atoms with van der Waals surface area (Å²) >= 11 is 0. The zero-order chi connectivity index (χ0) is 22.8. The number of carbonyl (C=O) groups is 2. The van der Waals surface area contributed by atoms with Crippen molar-refractivity contribution in [1.82, 2.24) is 10.9 Å². The molecule has 0 spiro atoms. The van der Waals surface area contributed by atoms with Gasteiger partial charge in [0.1, 0.15) is 11.5 Å². The lowest BCUT2D eigenvalue weighted by Crippen LogP contribution is -2.47. The van der Waals surface area contributed by atoms with Gasteiger partial charge in [-0.25, -0.2) is 0 Å². The van der Waals surface area contributed by atoms with Crippen LogP contribution in [-0.4, -0.2) is 38.7 Å². The number of hydrogen-bond donors (Lipinski definition) is 2. The molecule has 2 aromatic carbocycles. The van der Waals surface area contributed by atoms with Crippen LogP contribution in [0.25, 0.3) is 0 Å². The van der Waals surface area contributed by atoms with Crippen molar-refractivity contribution < 1.29 is 28.5 Å². The number of allylic oxidation sites excluding steroid dienone is 1. The molecule has 0 radical (unpaired) electrons. The Balaban J connectivity index is 2.00. The molecule has 0 fully saturated rings. The molecule has 2 amide bonds. The van der Waals surface area contributed by atoms with E-state index < -0.39 is 17.9 Å². The first-order chi connectivity index (χ1) is 14.9. The van der Waals surface area contributed by atoms with Gasteiger partial charge in [0.15, 0.2) is 17.6 Å². The van der Waals surface area contributed by atoms with Crippen LogP contribution in [0.2, 0.25) is 0 Å². The van der Waals surface area contributed by atoms with Gasteiger partial charge in [0.25, 0.3) is 11.8 Å². The number of benzene rings is 2. The van der Waals surface area contributed by atoms with Crippen LogP contribution in [0.15, 0.2) is 49.1 Å². The fourth-order valence-corrected chi connectivity index (χ4v) is 2.81. The number of methoxy groups -OCH3 is 2. The van der Waals surface area contributed by atoms with Crippen molar-refractivity contribution in [2.45, 2.75) is 26.4 Å². The van der Waals surface area contributed by atoms with Gasteiger partial charge in [-0.1, -0.05) is 6.08 Å². The van der Waals surface area contributed by atoms with Crippen molar-refractivity contribution in [2.75, 3.05) is 20.8 Å². The quantitative estimate of drug-likeness (QED) is 0.446.